The highest BCUT2D eigenvalue weighted by Crippen LogP contribution is 2.40. The second-order valence-corrected chi connectivity index (χ2v) is 4.65. The van der Waals surface area contributed by atoms with Crippen LogP contribution in [0.1, 0.15) is 40.0 Å². The van der Waals surface area contributed by atoms with Gasteiger partial charge in [-0.1, -0.05) is 6.92 Å². The third kappa shape index (κ3) is 3.26. The Morgan fingerprint density at radius 2 is 1.53 bits per heavy atom. The summed E-state index contributed by atoms with van der Waals surface area (Å²) in [6.07, 6.45) is 1.77. The Balaban J connectivity index is 3.03. The van der Waals surface area contributed by atoms with Gasteiger partial charge in [-0.3, -0.25) is 9.59 Å². The van der Waals surface area contributed by atoms with Crippen LogP contribution in [0.5, 0.6) is 0 Å². The highest BCUT2D eigenvalue weighted by atomic mass is 16.6. The third-order valence-electron chi connectivity index (χ3n) is 3.76. The molecule has 5 heteroatoms. The van der Waals surface area contributed by atoms with Crippen LogP contribution in [0.15, 0.2) is 0 Å². The van der Waals surface area contributed by atoms with Crippen molar-refractivity contribution in [2.75, 3.05) is 26.4 Å². The van der Waals surface area contributed by atoms with Gasteiger partial charge in [0.25, 0.3) is 0 Å². The van der Waals surface area contributed by atoms with Gasteiger partial charge < -0.3 is 14.2 Å². The molecule has 19 heavy (non-hydrogen) atoms. The van der Waals surface area contributed by atoms with E-state index >= 15 is 0 Å². The van der Waals surface area contributed by atoms with Crippen molar-refractivity contribution >= 4 is 11.9 Å². The molecule has 0 amide bonds. The maximum absolute atomic E-state index is 12.3. The fourth-order valence-corrected chi connectivity index (χ4v) is 2.70. The molecule has 0 radical (unpaired) electrons. The van der Waals surface area contributed by atoms with Gasteiger partial charge in [-0.2, -0.15) is 0 Å². The zero-order chi connectivity index (χ0) is 14.3. The first-order chi connectivity index (χ1) is 9.13. The van der Waals surface area contributed by atoms with Crippen molar-refractivity contribution in [2.45, 2.75) is 40.0 Å². The van der Waals surface area contributed by atoms with Gasteiger partial charge in [0, 0.05) is 13.2 Å². The maximum Gasteiger partial charge on any atom is 0.323 e. The SMILES string of the molecule is CCOC(=O)C(CC)(C(=O)OCC)C1CCOCC1. The normalized spacial score (nSPS) is 17.0. The monoisotopic (exact) mass is 272 g/mol. The fraction of sp³-hybridized carbons (Fsp3) is 0.857. The zero-order valence-electron chi connectivity index (χ0n) is 12.1. The van der Waals surface area contributed by atoms with Crippen LogP contribution in [-0.4, -0.2) is 38.4 Å². The Morgan fingerprint density at radius 1 is 1.05 bits per heavy atom. The van der Waals surface area contributed by atoms with Crippen LogP contribution >= 0.6 is 0 Å². The van der Waals surface area contributed by atoms with Gasteiger partial charge in [-0.15, -0.1) is 0 Å². The van der Waals surface area contributed by atoms with Crippen LogP contribution < -0.4 is 0 Å². The molecule has 0 N–H and O–H groups in total. The molecule has 0 aromatic rings. The van der Waals surface area contributed by atoms with Crippen LogP contribution in [-0.2, 0) is 23.8 Å². The van der Waals surface area contributed by atoms with E-state index in [0.717, 1.165) is 0 Å². The molecule has 0 unspecified atom stereocenters. The van der Waals surface area contributed by atoms with E-state index in [1.165, 1.54) is 0 Å². The molecular formula is C14H24O5. The quantitative estimate of drug-likeness (QED) is 0.546. The second kappa shape index (κ2) is 7.48. The van der Waals surface area contributed by atoms with Crippen LogP contribution in [0.2, 0.25) is 0 Å². The Kier molecular flexibility index (Phi) is 6.28. The lowest BCUT2D eigenvalue weighted by Gasteiger charge is -2.37. The highest BCUT2D eigenvalue weighted by Gasteiger charge is 2.53. The summed E-state index contributed by atoms with van der Waals surface area (Å²) in [5, 5.41) is 0. The van der Waals surface area contributed by atoms with E-state index in [9.17, 15) is 9.59 Å². The molecule has 1 aliphatic rings. The molecule has 1 saturated heterocycles. The summed E-state index contributed by atoms with van der Waals surface area (Å²) in [7, 11) is 0. The number of hydrogen-bond donors (Lipinski definition) is 0. The molecule has 1 rings (SSSR count). The molecule has 1 fully saturated rings. The predicted molar refractivity (Wildman–Crippen MR) is 69.5 cm³/mol. The molecule has 1 heterocycles. The number of rotatable bonds is 6. The lowest BCUT2D eigenvalue weighted by Crippen LogP contribution is -2.49. The molecule has 0 saturated carbocycles. The van der Waals surface area contributed by atoms with Gasteiger partial charge >= 0.3 is 11.9 Å². The van der Waals surface area contributed by atoms with E-state index in [0.29, 0.717) is 32.5 Å². The van der Waals surface area contributed by atoms with Crippen molar-refractivity contribution in [3.8, 4) is 0 Å². The number of carbonyl (C=O) groups is 2. The number of esters is 2. The molecule has 0 spiro atoms. The summed E-state index contributed by atoms with van der Waals surface area (Å²) in [6.45, 7) is 7.01. The minimum atomic E-state index is -1.17. The minimum absolute atomic E-state index is 0.0654. The molecule has 0 atom stereocenters. The van der Waals surface area contributed by atoms with Gasteiger partial charge in [0.1, 0.15) is 0 Å². The first-order valence-corrected chi connectivity index (χ1v) is 7.05. The largest absolute Gasteiger partial charge is 0.465 e. The van der Waals surface area contributed by atoms with Crippen molar-refractivity contribution in [2.24, 2.45) is 11.3 Å². The second-order valence-electron chi connectivity index (χ2n) is 4.65. The minimum Gasteiger partial charge on any atom is -0.465 e. The van der Waals surface area contributed by atoms with E-state index in [1.54, 1.807) is 13.8 Å². The van der Waals surface area contributed by atoms with Crippen LogP contribution in [0, 0.1) is 11.3 Å². The lowest BCUT2D eigenvalue weighted by molar-refractivity contribution is -0.180. The Morgan fingerprint density at radius 3 is 1.89 bits per heavy atom. The Bertz CT molecular complexity index is 289. The summed E-state index contributed by atoms with van der Waals surface area (Å²) in [5.74, 6) is -0.977. The van der Waals surface area contributed by atoms with Crippen molar-refractivity contribution in [3.63, 3.8) is 0 Å². The lowest BCUT2D eigenvalue weighted by atomic mass is 9.69. The summed E-state index contributed by atoms with van der Waals surface area (Å²) >= 11 is 0. The summed E-state index contributed by atoms with van der Waals surface area (Å²) < 4.78 is 15.6. The van der Waals surface area contributed by atoms with Crippen molar-refractivity contribution in [1.29, 1.82) is 0 Å². The van der Waals surface area contributed by atoms with Crippen molar-refractivity contribution in [1.82, 2.24) is 0 Å². The number of ether oxygens (including phenoxy) is 3. The average Bonchev–Trinajstić information content (AvgIpc) is 2.42. The Labute approximate surface area is 114 Å². The smallest absolute Gasteiger partial charge is 0.323 e. The molecule has 0 aromatic heterocycles. The van der Waals surface area contributed by atoms with Crippen LogP contribution in [0.25, 0.3) is 0 Å². The zero-order valence-corrected chi connectivity index (χ0v) is 12.1. The maximum atomic E-state index is 12.3. The standard InChI is InChI=1S/C14H24O5/c1-4-14(12(15)18-5-2,13(16)19-6-3)11-7-9-17-10-8-11/h11H,4-10H2,1-3H3. The molecule has 0 aliphatic carbocycles. The van der Waals surface area contributed by atoms with Gasteiger partial charge in [-0.05, 0) is 39.0 Å². The number of carbonyl (C=O) groups excluding carboxylic acids is 2. The van der Waals surface area contributed by atoms with E-state index < -0.39 is 17.4 Å². The van der Waals surface area contributed by atoms with Gasteiger partial charge in [0.15, 0.2) is 5.41 Å². The fourth-order valence-electron chi connectivity index (χ4n) is 2.70. The first kappa shape index (κ1) is 16.0. The van der Waals surface area contributed by atoms with Gasteiger partial charge in [-0.25, -0.2) is 0 Å². The average molecular weight is 272 g/mol. The van der Waals surface area contributed by atoms with Gasteiger partial charge in [0.2, 0.25) is 0 Å². The van der Waals surface area contributed by atoms with Crippen molar-refractivity contribution in [3.05, 3.63) is 0 Å². The first-order valence-electron chi connectivity index (χ1n) is 7.05. The predicted octanol–water partition coefficient (Wildman–Crippen LogP) is 1.94. The topological polar surface area (TPSA) is 61.8 Å². The van der Waals surface area contributed by atoms with Crippen LogP contribution in [0.4, 0.5) is 0 Å². The molecule has 110 valence electrons. The van der Waals surface area contributed by atoms with Crippen LogP contribution in [0.3, 0.4) is 0 Å². The molecule has 0 bridgehead atoms. The molecule has 0 aromatic carbocycles. The van der Waals surface area contributed by atoms with Crippen molar-refractivity contribution < 1.29 is 23.8 Å². The van der Waals surface area contributed by atoms with E-state index in [2.05, 4.69) is 0 Å². The molecule has 5 nitrogen and oxygen atoms in total. The molecule has 1 aliphatic heterocycles. The van der Waals surface area contributed by atoms with Gasteiger partial charge in [0.05, 0.1) is 13.2 Å². The summed E-state index contributed by atoms with van der Waals surface area (Å²) in [4.78, 5) is 24.7. The van der Waals surface area contributed by atoms with E-state index in [-0.39, 0.29) is 19.1 Å². The third-order valence-corrected chi connectivity index (χ3v) is 3.76. The highest BCUT2D eigenvalue weighted by molar-refractivity contribution is 6.00. The van der Waals surface area contributed by atoms with E-state index in [1.807, 2.05) is 6.92 Å². The van der Waals surface area contributed by atoms with E-state index in [4.69, 9.17) is 14.2 Å². The summed E-state index contributed by atoms with van der Waals surface area (Å²) in [5.41, 5.74) is -1.17. The molecular weight excluding hydrogens is 248 g/mol. The number of hydrogen-bond acceptors (Lipinski definition) is 5. The Hall–Kier alpha value is -1.10. The summed E-state index contributed by atoms with van der Waals surface area (Å²) in [6, 6.07) is 0.